The summed E-state index contributed by atoms with van der Waals surface area (Å²) in [5.41, 5.74) is 0. The van der Waals surface area contributed by atoms with Crippen LogP contribution in [0.5, 0.6) is 0 Å². The van der Waals surface area contributed by atoms with Crippen molar-refractivity contribution in [2.75, 3.05) is 13.1 Å². The molecule has 1 N–H and O–H groups in total. The zero-order chi connectivity index (χ0) is 10.4. The smallest absolute Gasteiger partial charge is 0.00765 e. The first-order valence-electron chi connectivity index (χ1n) is 5.49. The van der Waals surface area contributed by atoms with Gasteiger partial charge in [-0.05, 0) is 42.8 Å². The molecule has 0 bridgehead atoms. The van der Waals surface area contributed by atoms with Gasteiger partial charge in [0.25, 0.3) is 0 Å². The first kappa shape index (κ1) is 11.7. The van der Waals surface area contributed by atoms with Gasteiger partial charge in [0.1, 0.15) is 0 Å². The molecule has 80 valence electrons. The van der Waals surface area contributed by atoms with Gasteiger partial charge in [0.2, 0.25) is 0 Å². The van der Waals surface area contributed by atoms with Crippen molar-refractivity contribution < 1.29 is 0 Å². The molecule has 0 aliphatic heterocycles. The Morgan fingerprint density at radius 3 is 2.79 bits per heavy atom. The van der Waals surface area contributed by atoms with E-state index in [0.717, 1.165) is 19.0 Å². The third kappa shape index (κ3) is 3.43. The van der Waals surface area contributed by atoms with Gasteiger partial charge in [-0.3, -0.25) is 0 Å². The molecule has 1 nitrogen and oxygen atoms in total. The van der Waals surface area contributed by atoms with Crippen LogP contribution >= 0.6 is 11.3 Å². The highest BCUT2D eigenvalue weighted by Gasteiger charge is 2.14. The lowest BCUT2D eigenvalue weighted by Gasteiger charge is -2.19. The van der Waals surface area contributed by atoms with Crippen LogP contribution in [0.25, 0.3) is 0 Å². The molecule has 2 atom stereocenters. The lowest BCUT2D eigenvalue weighted by atomic mass is 9.94. The van der Waals surface area contributed by atoms with Crippen molar-refractivity contribution in [2.24, 2.45) is 5.92 Å². The van der Waals surface area contributed by atoms with Crippen molar-refractivity contribution in [2.45, 2.75) is 33.1 Å². The minimum Gasteiger partial charge on any atom is -0.316 e. The van der Waals surface area contributed by atoms with E-state index in [-0.39, 0.29) is 0 Å². The molecule has 0 saturated heterocycles. The molecule has 0 spiro atoms. The minimum atomic E-state index is 0.680. The fourth-order valence-electron chi connectivity index (χ4n) is 1.51. The molecule has 1 aromatic heterocycles. The van der Waals surface area contributed by atoms with Crippen molar-refractivity contribution in [1.29, 1.82) is 0 Å². The van der Waals surface area contributed by atoms with Crippen molar-refractivity contribution in [1.82, 2.24) is 5.32 Å². The molecular formula is C12H21NS. The summed E-state index contributed by atoms with van der Waals surface area (Å²) in [4.78, 5) is 1.51. The van der Waals surface area contributed by atoms with Crippen molar-refractivity contribution in [3.8, 4) is 0 Å². The minimum absolute atomic E-state index is 0.680. The fraction of sp³-hybridized carbons (Fsp3) is 0.667. The topological polar surface area (TPSA) is 12.0 Å². The Balaban J connectivity index is 2.33. The zero-order valence-corrected chi connectivity index (χ0v) is 10.2. The third-order valence-electron chi connectivity index (χ3n) is 2.74. The summed E-state index contributed by atoms with van der Waals surface area (Å²) in [6.07, 6.45) is 1.22. The summed E-state index contributed by atoms with van der Waals surface area (Å²) in [6, 6.07) is 4.38. The predicted octanol–water partition coefficient (Wildman–Crippen LogP) is 3.49. The Labute approximate surface area is 91.5 Å². The molecule has 2 heteroatoms. The number of hydrogen-bond acceptors (Lipinski definition) is 2. The number of nitrogens with one attached hydrogen (secondary N) is 1. The van der Waals surface area contributed by atoms with Gasteiger partial charge in [0, 0.05) is 4.88 Å². The van der Waals surface area contributed by atoms with Gasteiger partial charge < -0.3 is 5.32 Å². The first-order chi connectivity index (χ1) is 6.75. The monoisotopic (exact) mass is 211 g/mol. The Kier molecular flexibility index (Phi) is 5.20. The molecule has 0 amide bonds. The summed E-state index contributed by atoms with van der Waals surface area (Å²) in [5.74, 6) is 1.40. The average molecular weight is 211 g/mol. The van der Waals surface area contributed by atoms with Crippen molar-refractivity contribution in [3.05, 3.63) is 22.4 Å². The number of thiophene rings is 1. The van der Waals surface area contributed by atoms with Gasteiger partial charge in [0.15, 0.2) is 0 Å². The van der Waals surface area contributed by atoms with E-state index >= 15 is 0 Å². The van der Waals surface area contributed by atoms with Crippen LogP contribution in [0.2, 0.25) is 0 Å². The van der Waals surface area contributed by atoms with Gasteiger partial charge >= 0.3 is 0 Å². The molecule has 0 saturated carbocycles. The van der Waals surface area contributed by atoms with E-state index in [4.69, 9.17) is 0 Å². The summed E-state index contributed by atoms with van der Waals surface area (Å²) in [6.45, 7) is 9.13. The normalized spacial score (nSPS) is 15.4. The second kappa shape index (κ2) is 6.20. The molecule has 1 aromatic rings. The van der Waals surface area contributed by atoms with Crippen LogP contribution < -0.4 is 5.32 Å². The van der Waals surface area contributed by atoms with Gasteiger partial charge in [-0.15, -0.1) is 11.3 Å². The molecule has 2 unspecified atom stereocenters. The SMILES string of the molecule is CCCNCC(C)C(C)c1cccs1. The number of hydrogen-bond donors (Lipinski definition) is 1. The van der Waals surface area contributed by atoms with Crippen LogP contribution in [0.3, 0.4) is 0 Å². The van der Waals surface area contributed by atoms with E-state index in [1.165, 1.54) is 11.3 Å². The van der Waals surface area contributed by atoms with Gasteiger partial charge in [-0.2, -0.15) is 0 Å². The molecule has 0 radical (unpaired) electrons. The van der Waals surface area contributed by atoms with Gasteiger partial charge in [-0.1, -0.05) is 26.8 Å². The Bertz CT molecular complexity index is 230. The van der Waals surface area contributed by atoms with Crippen molar-refractivity contribution >= 4 is 11.3 Å². The predicted molar refractivity (Wildman–Crippen MR) is 65.1 cm³/mol. The standard InChI is InChI=1S/C12H21NS/c1-4-7-13-9-10(2)11(3)12-6-5-8-14-12/h5-6,8,10-11,13H,4,7,9H2,1-3H3. The van der Waals surface area contributed by atoms with Crippen LogP contribution in [-0.4, -0.2) is 13.1 Å². The maximum atomic E-state index is 3.48. The maximum Gasteiger partial charge on any atom is 0.00765 e. The highest BCUT2D eigenvalue weighted by molar-refractivity contribution is 7.10. The molecule has 0 aliphatic rings. The molecule has 14 heavy (non-hydrogen) atoms. The quantitative estimate of drug-likeness (QED) is 0.710. The van der Waals surface area contributed by atoms with Gasteiger partial charge in [-0.25, -0.2) is 0 Å². The summed E-state index contributed by atoms with van der Waals surface area (Å²) in [5, 5.41) is 5.65. The lowest BCUT2D eigenvalue weighted by molar-refractivity contribution is 0.452. The maximum absolute atomic E-state index is 3.48. The van der Waals surface area contributed by atoms with Crippen LogP contribution in [0.1, 0.15) is 38.0 Å². The lowest BCUT2D eigenvalue weighted by Crippen LogP contribution is -2.24. The zero-order valence-electron chi connectivity index (χ0n) is 9.42. The van der Waals surface area contributed by atoms with Gasteiger partial charge in [0.05, 0.1) is 0 Å². The van der Waals surface area contributed by atoms with E-state index in [9.17, 15) is 0 Å². The van der Waals surface area contributed by atoms with E-state index in [0.29, 0.717) is 5.92 Å². The second-order valence-corrected chi connectivity index (χ2v) is 4.96. The van der Waals surface area contributed by atoms with E-state index in [2.05, 4.69) is 43.6 Å². The Morgan fingerprint density at radius 2 is 2.21 bits per heavy atom. The second-order valence-electron chi connectivity index (χ2n) is 3.99. The van der Waals surface area contributed by atoms with Crippen molar-refractivity contribution in [3.63, 3.8) is 0 Å². The molecule has 0 aliphatic carbocycles. The average Bonchev–Trinajstić information content (AvgIpc) is 2.69. The van der Waals surface area contributed by atoms with E-state index < -0.39 is 0 Å². The third-order valence-corrected chi connectivity index (χ3v) is 3.81. The molecular weight excluding hydrogens is 190 g/mol. The van der Waals surface area contributed by atoms with Crippen LogP contribution in [0.4, 0.5) is 0 Å². The van der Waals surface area contributed by atoms with E-state index in [1.54, 1.807) is 0 Å². The summed E-state index contributed by atoms with van der Waals surface area (Å²) >= 11 is 1.87. The largest absolute Gasteiger partial charge is 0.316 e. The highest BCUT2D eigenvalue weighted by atomic mass is 32.1. The van der Waals surface area contributed by atoms with E-state index in [1.807, 2.05) is 11.3 Å². The fourth-order valence-corrected chi connectivity index (χ4v) is 2.43. The van der Waals surface area contributed by atoms with Crippen LogP contribution in [0, 0.1) is 5.92 Å². The number of rotatable bonds is 6. The molecule has 0 fully saturated rings. The first-order valence-corrected chi connectivity index (χ1v) is 6.37. The Hall–Kier alpha value is -0.340. The molecule has 1 heterocycles. The summed E-state index contributed by atoms with van der Waals surface area (Å²) < 4.78 is 0. The molecule has 1 rings (SSSR count). The molecule has 0 aromatic carbocycles. The van der Waals surface area contributed by atoms with Crippen LogP contribution in [-0.2, 0) is 0 Å². The van der Waals surface area contributed by atoms with Crippen LogP contribution in [0.15, 0.2) is 17.5 Å². The summed E-state index contributed by atoms with van der Waals surface area (Å²) in [7, 11) is 0. The highest BCUT2D eigenvalue weighted by Crippen LogP contribution is 2.27. The Morgan fingerprint density at radius 1 is 1.43 bits per heavy atom.